The van der Waals surface area contributed by atoms with Gasteiger partial charge in [-0.05, 0) is 45.4 Å². The van der Waals surface area contributed by atoms with Gasteiger partial charge in [0.2, 0.25) is 0 Å². The largest absolute Gasteiger partial charge is 0.485 e. The number of carbonyl (C=O) groups is 2. The summed E-state index contributed by atoms with van der Waals surface area (Å²) in [4.78, 5) is 23.4. The van der Waals surface area contributed by atoms with Crippen LogP contribution in [0.1, 0.15) is 40.5 Å². The average molecular weight is 379 g/mol. The Morgan fingerprint density at radius 1 is 1.30 bits per heavy atom. The van der Waals surface area contributed by atoms with Gasteiger partial charge in [0.25, 0.3) is 0 Å². The van der Waals surface area contributed by atoms with Crippen LogP contribution in [-0.4, -0.2) is 43.6 Å². The van der Waals surface area contributed by atoms with E-state index in [0.29, 0.717) is 31.1 Å². The molecule has 0 saturated carbocycles. The van der Waals surface area contributed by atoms with Crippen LogP contribution in [0, 0.1) is 0 Å². The van der Waals surface area contributed by atoms with E-state index in [2.05, 4.69) is 16.0 Å². The molecule has 0 aliphatic carbocycles. The summed E-state index contributed by atoms with van der Waals surface area (Å²) in [6.07, 6.45) is 0.672. The minimum atomic E-state index is -0.558. The number of alkyl carbamates (subject to hydrolysis) is 1. The molecular formula is C19H29N3O5. The van der Waals surface area contributed by atoms with Crippen LogP contribution in [0.5, 0.6) is 5.75 Å². The summed E-state index contributed by atoms with van der Waals surface area (Å²) in [5.41, 5.74) is 0.817. The number of benzene rings is 1. The smallest absolute Gasteiger partial charge is 0.412 e. The number of hydrogen-bond acceptors (Lipinski definition) is 6. The highest BCUT2D eigenvalue weighted by Crippen LogP contribution is 2.31. The maximum atomic E-state index is 11.9. The van der Waals surface area contributed by atoms with Gasteiger partial charge in [-0.3, -0.25) is 5.32 Å². The zero-order valence-electron chi connectivity index (χ0n) is 16.4. The van der Waals surface area contributed by atoms with Crippen molar-refractivity contribution < 1.29 is 23.8 Å². The molecule has 1 aliphatic rings. The molecule has 3 N–H and O–H groups in total. The van der Waals surface area contributed by atoms with Crippen LogP contribution < -0.4 is 20.7 Å². The number of fused-ring (bicyclic) bond motifs is 1. The second kappa shape index (κ2) is 9.34. The summed E-state index contributed by atoms with van der Waals surface area (Å²) in [5, 5.41) is 8.64. The molecule has 2 rings (SSSR count). The molecule has 0 fully saturated rings. The summed E-state index contributed by atoms with van der Waals surface area (Å²) >= 11 is 0. The van der Waals surface area contributed by atoms with E-state index in [1.54, 1.807) is 18.2 Å². The van der Waals surface area contributed by atoms with Crippen molar-refractivity contribution in [3.63, 3.8) is 0 Å². The molecule has 1 aromatic carbocycles. The van der Waals surface area contributed by atoms with E-state index < -0.39 is 17.8 Å². The Labute approximate surface area is 159 Å². The van der Waals surface area contributed by atoms with Gasteiger partial charge in [0.1, 0.15) is 17.5 Å². The number of ether oxygens (including phenoxy) is 3. The van der Waals surface area contributed by atoms with E-state index >= 15 is 0 Å². The Morgan fingerprint density at radius 2 is 2.07 bits per heavy atom. The third kappa shape index (κ3) is 7.24. The van der Waals surface area contributed by atoms with E-state index in [1.165, 1.54) is 0 Å². The fraction of sp³-hybridized carbons (Fsp3) is 0.579. The first-order valence-electron chi connectivity index (χ1n) is 9.22. The molecule has 2 amide bonds. The third-order valence-electron chi connectivity index (χ3n) is 3.64. The predicted octanol–water partition coefficient (Wildman–Crippen LogP) is 3.73. The summed E-state index contributed by atoms with van der Waals surface area (Å²) in [6, 6.07) is 5.28. The van der Waals surface area contributed by atoms with E-state index in [9.17, 15) is 9.59 Å². The first-order valence-corrected chi connectivity index (χ1v) is 9.22. The van der Waals surface area contributed by atoms with Gasteiger partial charge in [-0.25, -0.2) is 9.59 Å². The molecule has 0 aromatic heterocycles. The van der Waals surface area contributed by atoms with Crippen LogP contribution >= 0.6 is 0 Å². The summed E-state index contributed by atoms with van der Waals surface area (Å²) in [6.45, 7) is 8.75. The van der Waals surface area contributed by atoms with Crippen molar-refractivity contribution >= 4 is 23.6 Å². The van der Waals surface area contributed by atoms with E-state index in [-0.39, 0.29) is 6.10 Å². The monoisotopic (exact) mass is 379 g/mol. The van der Waals surface area contributed by atoms with Crippen molar-refractivity contribution in [2.75, 3.05) is 30.3 Å². The molecule has 1 aromatic rings. The van der Waals surface area contributed by atoms with E-state index in [4.69, 9.17) is 14.2 Å². The van der Waals surface area contributed by atoms with Crippen LogP contribution in [-0.2, 0) is 9.47 Å². The third-order valence-corrected chi connectivity index (χ3v) is 3.64. The standard InChI is InChI=1S/C19H29N3O5/c1-5-6-9-25-17(23)21-12-14-11-20-15-10-13(7-8-16(15)26-14)22-18(24)27-19(2,3)4/h7-8,10,14,20H,5-6,9,11-12H2,1-4H3,(H,21,23)(H,22,24)/t14-/m1/s1. The predicted molar refractivity (Wildman–Crippen MR) is 103 cm³/mol. The summed E-state index contributed by atoms with van der Waals surface area (Å²) in [7, 11) is 0. The van der Waals surface area contributed by atoms with Gasteiger partial charge >= 0.3 is 12.2 Å². The summed E-state index contributed by atoms with van der Waals surface area (Å²) in [5.74, 6) is 0.655. The minimum absolute atomic E-state index is 0.208. The topological polar surface area (TPSA) is 97.9 Å². The van der Waals surface area contributed by atoms with E-state index in [1.807, 2.05) is 27.7 Å². The molecule has 27 heavy (non-hydrogen) atoms. The number of anilines is 2. The lowest BCUT2D eigenvalue weighted by Crippen LogP contribution is -2.41. The molecule has 0 bridgehead atoms. The number of hydrogen-bond donors (Lipinski definition) is 3. The highest BCUT2D eigenvalue weighted by Gasteiger charge is 2.21. The zero-order chi connectivity index (χ0) is 19.9. The Hall–Kier alpha value is -2.64. The SMILES string of the molecule is CCCCOC(=O)NC[C@H]1CNc2cc(NC(=O)OC(C)(C)C)ccc2O1. The molecule has 0 radical (unpaired) electrons. The maximum Gasteiger partial charge on any atom is 0.412 e. The highest BCUT2D eigenvalue weighted by molar-refractivity contribution is 5.86. The summed E-state index contributed by atoms with van der Waals surface area (Å²) < 4.78 is 16.2. The van der Waals surface area contributed by atoms with Crippen molar-refractivity contribution in [3.05, 3.63) is 18.2 Å². The number of carbonyl (C=O) groups excluding carboxylic acids is 2. The highest BCUT2D eigenvalue weighted by atomic mass is 16.6. The minimum Gasteiger partial charge on any atom is -0.485 e. The number of nitrogens with one attached hydrogen (secondary N) is 3. The molecule has 0 unspecified atom stereocenters. The molecule has 150 valence electrons. The van der Waals surface area contributed by atoms with Gasteiger partial charge in [0.05, 0.1) is 25.4 Å². The average Bonchev–Trinajstić information content (AvgIpc) is 2.58. The Bertz CT molecular complexity index is 657. The lowest BCUT2D eigenvalue weighted by atomic mass is 10.2. The quantitative estimate of drug-likeness (QED) is 0.652. The van der Waals surface area contributed by atoms with Crippen LogP contribution in [0.4, 0.5) is 21.0 Å². The van der Waals surface area contributed by atoms with Gasteiger partial charge < -0.3 is 24.8 Å². The van der Waals surface area contributed by atoms with Crippen molar-refractivity contribution in [2.45, 2.75) is 52.2 Å². The van der Waals surface area contributed by atoms with Crippen molar-refractivity contribution in [3.8, 4) is 5.75 Å². The lowest BCUT2D eigenvalue weighted by Gasteiger charge is -2.28. The molecular weight excluding hydrogens is 350 g/mol. The van der Waals surface area contributed by atoms with Gasteiger partial charge in [-0.1, -0.05) is 13.3 Å². The van der Waals surface area contributed by atoms with Crippen LogP contribution in [0.15, 0.2) is 18.2 Å². The normalized spacial score (nSPS) is 15.6. The van der Waals surface area contributed by atoms with Crippen LogP contribution in [0.3, 0.4) is 0 Å². The van der Waals surface area contributed by atoms with Crippen LogP contribution in [0.25, 0.3) is 0 Å². The number of unbranched alkanes of at least 4 members (excludes halogenated alkanes) is 1. The van der Waals surface area contributed by atoms with Gasteiger partial charge in [0.15, 0.2) is 0 Å². The van der Waals surface area contributed by atoms with Gasteiger partial charge in [-0.15, -0.1) is 0 Å². The molecule has 0 spiro atoms. The van der Waals surface area contributed by atoms with Crippen molar-refractivity contribution in [1.82, 2.24) is 5.32 Å². The Morgan fingerprint density at radius 3 is 2.78 bits per heavy atom. The fourth-order valence-corrected chi connectivity index (χ4v) is 2.39. The number of amides is 2. The molecule has 8 heteroatoms. The molecule has 1 atom stereocenters. The number of rotatable bonds is 6. The maximum absolute atomic E-state index is 11.9. The fourth-order valence-electron chi connectivity index (χ4n) is 2.39. The second-order valence-corrected chi connectivity index (χ2v) is 7.33. The van der Waals surface area contributed by atoms with Crippen molar-refractivity contribution in [2.24, 2.45) is 0 Å². The van der Waals surface area contributed by atoms with Gasteiger partial charge in [-0.2, -0.15) is 0 Å². The second-order valence-electron chi connectivity index (χ2n) is 7.33. The van der Waals surface area contributed by atoms with E-state index in [0.717, 1.165) is 18.5 Å². The van der Waals surface area contributed by atoms with Crippen LogP contribution in [0.2, 0.25) is 0 Å². The Balaban J connectivity index is 1.83. The molecule has 0 saturated heterocycles. The first kappa shape index (κ1) is 20.7. The lowest BCUT2D eigenvalue weighted by molar-refractivity contribution is 0.0636. The Kier molecular flexibility index (Phi) is 7.15. The first-order chi connectivity index (χ1) is 12.8. The molecule has 8 nitrogen and oxygen atoms in total. The molecule has 1 aliphatic heterocycles. The van der Waals surface area contributed by atoms with Gasteiger partial charge in [0, 0.05) is 5.69 Å². The van der Waals surface area contributed by atoms with Crippen molar-refractivity contribution in [1.29, 1.82) is 0 Å². The zero-order valence-corrected chi connectivity index (χ0v) is 16.4. The molecule has 1 heterocycles.